The molecule has 0 aromatic heterocycles. The molecule has 2 rings (SSSR count). The number of halogens is 4. The molecule has 1 aromatic carbocycles. The fourth-order valence-electron chi connectivity index (χ4n) is 2.60. The van der Waals surface area contributed by atoms with Crippen LogP contribution in [0.3, 0.4) is 0 Å². The molecule has 1 aliphatic rings. The number of nitrogens with zero attached hydrogens (tertiary/aromatic N) is 2. The van der Waals surface area contributed by atoms with Gasteiger partial charge in [0.25, 0.3) is 11.6 Å². The van der Waals surface area contributed by atoms with Gasteiger partial charge in [0.1, 0.15) is 5.75 Å². The van der Waals surface area contributed by atoms with E-state index in [0.29, 0.717) is 10.6 Å². The highest BCUT2D eigenvalue weighted by atomic mass is 35.5. The van der Waals surface area contributed by atoms with E-state index in [1.54, 1.807) is 19.1 Å². The van der Waals surface area contributed by atoms with Crippen LogP contribution >= 0.6 is 11.6 Å². The Labute approximate surface area is 154 Å². The molecule has 0 radical (unpaired) electrons. The van der Waals surface area contributed by atoms with Crippen molar-refractivity contribution in [1.29, 1.82) is 0 Å². The summed E-state index contributed by atoms with van der Waals surface area (Å²) in [5, 5.41) is 14.4. The van der Waals surface area contributed by atoms with Gasteiger partial charge in [-0.25, -0.2) is 0 Å². The number of carbonyl (C=O) groups excluding carboxylic acids is 1. The Morgan fingerprint density at radius 1 is 1.46 bits per heavy atom. The number of benzene rings is 1. The molecule has 0 aliphatic carbocycles. The predicted octanol–water partition coefficient (Wildman–Crippen LogP) is 3.91. The van der Waals surface area contributed by atoms with Crippen LogP contribution in [0.2, 0.25) is 5.02 Å². The van der Waals surface area contributed by atoms with Crippen molar-refractivity contribution in [3.63, 3.8) is 0 Å². The lowest BCUT2D eigenvalue weighted by molar-refractivity contribution is -0.302. The van der Waals surface area contributed by atoms with Gasteiger partial charge in [0.05, 0.1) is 0 Å². The van der Waals surface area contributed by atoms with Crippen molar-refractivity contribution in [2.75, 3.05) is 6.61 Å². The van der Waals surface area contributed by atoms with Crippen LogP contribution in [-0.4, -0.2) is 40.2 Å². The van der Waals surface area contributed by atoms with E-state index >= 15 is 0 Å². The molecule has 0 saturated carbocycles. The molecule has 0 unspecified atom stereocenters. The van der Waals surface area contributed by atoms with Gasteiger partial charge < -0.3 is 9.84 Å². The van der Waals surface area contributed by atoms with Gasteiger partial charge in [0.2, 0.25) is 0 Å². The second kappa shape index (κ2) is 7.44. The summed E-state index contributed by atoms with van der Waals surface area (Å²) >= 11 is 5.89. The zero-order valence-corrected chi connectivity index (χ0v) is 15.4. The highest BCUT2D eigenvalue weighted by Gasteiger charge is 2.63. The van der Waals surface area contributed by atoms with Crippen LogP contribution in [-0.2, 0) is 4.79 Å². The average molecular weight is 393 g/mol. The van der Waals surface area contributed by atoms with E-state index in [1.807, 2.05) is 13.8 Å². The summed E-state index contributed by atoms with van der Waals surface area (Å²) in [5.74, 6) is -0.771. The van der Waals surface area contributed by atoms with Crippen molar-refractivity contribution in [2.45, 2.75) is 45.5 Å². The lowest BCUT2D eigenvalue weighted by Crippen LogP contribution is -2.57. The lowest BCUT2D eigenvalue weighted by atomic mass is 9.99. The van der Waals surface area contributed by atoms with E-state index in [4.69, 9.17) is 16.3 Å². The molecule has 0 spiro atoms. The van der Waals surface area contributed by atoms with Crippen molar-refractivity contribution in [3.8, 4) is 5.75 Å². The Bertz CT molecular complexity index is 722. The number of amides is 1. The molecule has 0 saturated heterocycles. The number of alkyl halides is 3. The molecule has 0 bridgehead atoms. The van der Waals surface area contributed by atoms with Crippen LogP contribution in [0.4, 0.5) is 13.2 Å². The summed E-state index contributed by atoms with van der Waals surface area (Å²) in [6.45, 7) is 4.65. The summed E-state index contributed by atoms with van der Waals surface area (Å²) in [6, 6.07) is 4.61. The predicted molar refractivity (Wildman–Crippen MR) is 91.0 cm³/mol. The van der Waals surface area contributed by atoms with Gasteiger partial charge in [-0.05, 0) is 43.0 Å². The van der Waals surface area contributed by atoms with Crippen molar-refractivity contribution < 1.29 is 27.8 Å². The Morgan fingerprint density at radius 3 is 2.65 bits per heavy atom. The first-order valence-corrected chi connectivity index (χ1v) is 8.39. The maximum absolute atomic E-state index is 13.4. The van der Waals surface area contributed by atoms with Gasteiger partial charge in [-0.1, -0.05) is 25.4 Å². The van der Waals surface area contributed by atoms with Crippen molar-refractivity contribution in [2.24, 2.45) is 11.0 Å². The van der Waals surface area contributed by atoms with Gasteiger partial charge in [0.15, 0.2) is 6.61 Å². The number of rotatable bonds is 5. The quantitative estimate of drug-likeness (QED) is 0.826. The maximum Gasteiger partial charge on any atom is 0.438 e. The van der Waals surface area contributed by atoms with Gasteiger partial charge >= 0.3 is 6.18 Å². The molecular formula is C17H20ClF3N2O3. The lowest BCUT2D eigenvalue weighted by Gasteiger charge is -2.32. The SMILES string of the molecule is Cc1cc(OCC(=O)N2N=C(CC(C)C)C[C@]2(O)C(F)(F)F)ccc1Cl. The van der Waals surface area contributed by atoms with E-state index in [1.165, 1.54) is 6.07 Å². The largest absolute Gasteiger partial charge is 0.484 e. The van der Waals surface area contributed by atoms with Gasteiger partial charge in [-0.2, -0.15) is 23.3 Å². The fourth-order valence-corrected chi connectivity index (χ4v) is 2.72. The third kappa shape index (κ3) is 4.29. The number of aliphatic hydroxyl groups is 1. The summed E-state index contributed by atoms with van der Waals surface area (Å²) in [5.41, 5.74) is -2.54. The van der Waals surface area contributed by atoms with E-state index in [-0.39, 0.29) is 28.8 Å². The highest BCUT2D eigenvalue weighted by Crippen LogP contribution is 2.41. The summed E-state index contributed by atoms with van der Waals surface area (Å²) < 4.78 is 45.3. The molecule has 5 nitrogen and oxygen atoms in total. The second-order valence-corrected chi connectivity index (χ2v) is 7.07. The molecule has 9 heteroatoms. The number of carbonyl (C=O) groups is 1. The molecule has 1 atom stereocenters. The Balaban J connectivity index is 2.17. The number of hydrazone groups is 1. The number of hydrogen-bond acceptors (Lipinski definition) is 4. The highest BCUT2D eigenvalue weighted by molar-refractivity contribution is 6.31. The Morgan fingerprint density at radius 2 is 2.12 bits per heavy atom. The molecule has 1 aromatic rings. The molecule has 144 valence electrons. The topological polar surface area (TPSA) is 62.1 Å². The number of hydrogen-bond donors (Lipinski definition) is 1. The minimum atomic E-state index is -5.04. The van der Waals surface area contributed by atoms with E-state index < -0.39 is 30.8 Å². The summed E-state index contributed by atoms with van der Waals surface area (Å²) in [7, 11) is 0. The first kappa shape index (κ1) is 20.5. The normalized spacial score (nSPS) is 20.5. The smallest absolute Gasteiger partial charge is 0.438 e. The van der Waals surface area contributed by atoms with E-state index in [0.717, 1.165) is 0 Å². The second-order valence-electron chi connectivity index (χ2n) is 6.66. The monoisotopic (exact) mass is 392 g/mol. The van der Waals surface area contributed by atoms with Crippen molar-refractivity contribution >= 4 is 23.2 Å². The molecule has 1 N–H and O–H groups in total. The van der Waals surface area contributed by atoms with Gasteiger partial charge in [0, 0.05) is 17.2 Å². The van der Waals surface area contributed by atoms with Crippen LogP contribution in [0.5, 0.6) is 5.75 Å². The maximum atomic E-state index is 13.4. The zero-order valence-electron chi connectivity index (χ0n) is 14.6. The third-order valence-electron chi connectivity index (χ3n) is 3.87. The Kier molecular flexibility index (Phi) is 5.87. The first-order valence-electron chi connectivity index (χ1n) is 8.01. The van der Waals surface area contributed by atoms with Crippen molar-refractivity contribution in [1.82, 2.24) is 5.01 Å². The van der Waals surface area contributed by atoms with Crippen LogP contribution < -0.4 is 4.74 Å². The summed E-state index contributed by atoms with van der Waals surface area (Å²) in [6.07, 6.45) is -5.55. The molecule has 1 aliphatic heterocycles. The fraction of sp³-hybridized carbons (Fsp3) is 0.529. The summed E-state index contributed by atoms with van der Waals surface area (Å²) in [4.78, 5) is 12.3. The first-order chi connectivity index (χ1) is 11.9. The molecular weight excluding hydrogens is 373 g/mol. The van der Waals surface area contributed by atoms with E-state index in [2.05, 4.69) is 5.10 Å². The molecule has 26 heavy (non-hydrogen) atoms. The standard InChI is InChI=1S/C17H20ClF3N2O3/c1-10(2)6-12-8-16(25,17(19,20)21)23(22-12)15(24)9-26-13-4-5-14(18)11(3)7-13/h4-5,7,10,25H,6,8-9H2,1-3H3/t16-/m0/s1. The Hall–Kier alpha value is -1.80. The van der Waals surface area contributed by atoms with Crippen LogP contribution in [0, 0.1) is 12.8 Å². The van der Waals surface area contributed by atoms with Gasteiger partial charge in [-0.15, -0.1) is 0 Å². The zero-order chi connectivity index (χ0) is 19.7. The molecule has 1 amide bonds. The minimum Gasteiger partial charge on any atom is -0.484 e. The molecule has 0 fully saturated rings. The van der Waals surface area contributed by atoms with E-state index in [9.17, 15) is 23.1 Å². The number of aryl methyl sites for hydroxylation is 1. The van der Waals surface area contributed by atoms with Crippen molar-refractivity contribution in [3.05, 3.63) is 28.8 Å². The van der Waals surface area contributed by atoms with Crippen LogP contribution in [0.1, 0.15) is 32.3 Å². The van der Waals surface area contributed by atoms with Crippen LogP contribution in [0.25, 0.3) is 0 Å². The average Bonchev–Trinajstić information content (AvgIpc) is 2.85. The van der Waals surface area contributed by atoms with Crippen LogP contribution in [0.15, 0.2) is 23.3 Å². The third-order valence-corrected chi connectivity index (χ3v) is 4.29. The molecule has 1 heterocycles. The minimum absolute atomic E-state index is 0.0366. The number of ether oxygens (including phenoxy) is 1. The van der Waals surface area contributed by atoms with Gasteiger partial charge in [-0.3, -0.25) is 4.79 Å².